The van der Waals surface area contributed by atoms with Crippen LogP contribution in [0.3, 0.4) is 0 Å². The minimum Gasteiger partial charge on any atom is -0.465 e. The SMILES string of the molecule is Nc1cnc(Nc2ccc(F)cc2)nc1NC1CCCN(C(=O)O)C1. The lowest BCUT2D eigenvalue weighted by atomic mass is 10.1. The molecule has 1 fully saturated rings. The zero-order valence-corrected chi connectivity index (χ0v) is 13.4. The minimum absolute atomic E-state index is 0.0688. The van der Waals surface area contributed by atoms with E-state index in [4.69, 9.17) is 10.8 Å². The number of carboxylic acid groups (broad SMARTS) is 1. The number of halogens is 1. The van der Waals surface area contributed by atoms with Gasteiger partial charge in [0.25, 0.3) is 0 Å². The molecular formula is C16H19FN6O2. The van der Waals surface area contributed by atoms with Crippen LogP contribution in [0.4, 0.5) is 32.3 Å². The summed E-state index contributed by atoms with van der Waals surface area (Å²) in [6.45, 7) is 0.906. The second kappa shape index (κ2) is 7.20. The molecule has 1 saturated heterocycles. The van der Waals surface area contributed by atoms with Gasteiger partial charge in [-0.1, -0.05) is 0 Å². The molecule has 9 heteroatoms. The minimum atomic E-state index is -0.930. The third kappa shape index (κ3) is 4.25. The Morgan fingerprint density at radius 2 is 2.12 bits per heavy atom. The maximum Gasteiger partial charge on any atom is 0.407 e. The number of nitrogens with zero attached hydrogens (tertiary/aromatic N) is 3. The zero-order chi connectivity index (χ0) is 17.8. The van der Waals surface area contributed by atoms with Crippen molar-refractivity contribution in [2.24, 2.45) is 0 Å². The molecule has 0 spiro atoms. The molecule has 5 N–H and O–H groups in total. The Balaban J connectivity index is 1.71. The van der Waals surface area contributed by atoms with Crippen molar-refractivity contribution >= 4 is 29.2 Å². The maximum absolute atomic E-state index is 13.0. The molecule has 1 aliphatic rings. The molecule has 0 aliphatic carbocycles. The molecule has 132 valence electrons. The molecule has 1 aromatic heterocycles. The van der Waals surface area contributed by atoms with Crippen LogP contribution < -0.4 is 16.4 Å². The van der Waals surface area contributed by atoms with Gasteiger partial charge in [-0.15, -0.1) is 0 Å². The molecular weight excluding hydrogens is 327 g/mol. The summed E-state index contributed by atoms with van der Waals surface area (Å²) < 4.78 is 13.0. The largest absolute Gasteiger partial charge is 0.465 e. The standard InChI is InChI=1S/C16H19FN6O2/c17-10-3-5-11(6-4-10)21-15-19-8-13(18)14(22-15)20-12-2-1-7-23(9-12)16(24)25/h3-6,8,12H,1-2,7,9,18H2,(H,24,25)(H2,19,20,21,22). The number of nitrogens with one attached hydrogen (secondary N) is 2. The normalized spacial score (nSPS) is 17.2. The summed E-state index contributed by atoms with van der Waals surface area (Å²) in [6.07, 6.45) is 2.14. The Kier molecular flexibility index (Phi) is 4.82. The molecule has 0 saturated carbocycles. The van der Waals surface area contributed by atoms with Crippen LogP contribution in [0.25, 0.3) is 0 Å². The summed E-state index contributed by atoms with van der Waals surface area (Å²) in [5.74, 6) is 0.428. The number of amides is 1. The van der Waals surface area contributed by atoms with Crippen molar-refractivity contribution in [1.29, 1.82) is 0 Å². The second-order valence-electron chi connectivity index (χ2n) is 5.84. The number of hydrogen-bond donors (Lipinski definition) is 4. The van der Waals surface area contributed by atoms with E-state index < -0.39 is 6.09 Å². The van der Waals surface area contributed by atoms with E-state index in [0.717, 1.165) is 12.8 Å². The molecule has 1 aliphatic heterocycles. The van der Waals surface area contributed by atoms with Crippen molar-refractivity contribution in [2.75, 3.05) is 29.5 Å². The number of piperidine rings is 1. The van der Waals surface area contributed by atoms with Crippen molar-refractivity contribution in [1.82, 2.24) is 14.9 Å². The van der Waals surface area contributed by atoms with Crippen LogP contribution in [0.15, 0.2) is 30.5 Å². The number of hydrogen-bond acceptors (Lipinski definition) is 6. The number of aromatic nitrogens is 2. The third-order valence-corrected chi connectivity index (χ3v) is 3.95. The Bertz CT molecular complexity index is 755. The van der Waals surface area contributed by atoms with Crippen molar-refractivity contribution in [2.45, 2.75) is 18.9 Å². The van der Waals surface area contributed by atoms with Gasteiger partial charge in [-0.25, -0.2) is 14.2 Å². The number of nitrogens with two attached hydrogens (primary N) is 1. The fourth-order valence-corrected chi connectivity index (χ4v) is 2.69. The summed E-state index contributed by atoms with van der Waals surface area (Å²) in [5.41, 5.74) is 6.94. The van der Waals surface area contributed by atoms with Gasteiger partial charge >= 0.3 is 6.09 Å². The first-order chi connectivity index (χ1) is 12.0. The van der Waals surface area contributed by atoms with Crippen molar-refractivity contribution < 1.29 is 14.3 Å². The van der Waals surface area contributed by atoms with Gasteiger partial charge in [-0.2, -0.15) is 4.98 Å². The highest BCUT2D eigenvalue weighted by Gasteiger charge is 2.24. The first-order valence-electron chi connectivity index (χ1n) is 7.91. The molecule has 1 amide bonds. The summed E-state index contributed by atoms with van der Waals surface area (Å²) in [6, 6.07) is 5.76. The molecule has 3 rings (SSSR count). The van der Waals surface area contributed by atoms with Gasteiger partial charge in [0.15, 0.2) is 5.82 Å². The summed E-state index contributed by atoms with van der Waals surface area (Å²) in [7, 11) is 0. The van der Waals surface area contributed by atoms with E-state index in [9.17, 15) is 9.18 Å². The van der Waals surface area contributed by atoms with E-state index in [2.05, 4.69) is 20.6 Å². The highest BCUT2D eigenvalue weighted by molar-refractivity contribution is 5.66. The summed E-state index contributed by atoms with van der Waals surface area (Å²) in [5, 5.41) is 15.3. The number of likely N-dealkylation sites (tertiary alicyclic amines) is 1. The Morgan fingerprint density at radius 1 is 1.36 bits per heavy atom. The van der Waals surface area contributed by atoms with Crippen molar-refractivity contribution in [3.8, 4) is 0 Å². The Labute approximate surface area is 143 Å². The van der Waals surface area contributed by atoms with Crippen molar-refractivity contribution in [3.05, 3.63) is 36.3 Å². The lowest BCUT2D eigenvalue weighted by molar-refractivity contribution is 0.133. The van der Waals surface area contributed by atoms with Crippen LogP contribution in [-0.2, 0) is 0 Å². The first-order valence-corrected chi connectivity index (χ1v) is 7.91. The van der Waals surface area contributed by atoms with E-state index in [1.807, 2.05) is 0 Å². The van der Waals surface area contributed by atoms with Gasteiger partial charge in [0.05, 0.1) is 11.9 Å². The van der Waals surface area contributed by atoms with E-state index in [0.29, 0.717) is 36.2 Å². The monoisotopic (exact) mass is 346 g/mol. The molecule has 0 radical (unpaired) electrons. The average Bonchev–Trinajstić information content (AvgIpc) is 2.60. The van der Waals surface area contributed by atoms with E-state index >= 15 is 0 Å². The number of rotatable bonds is 4. The van der Waals surface area contributed by atoms with Crippen LogP contribution >= 0.6 is 0 Å². The van der Waals surface area contributed by atoms with E-state index in [1.165, 1.54) is 23.2 Å². The van der Waals surface area contributed by atoms with Crippen molar-refractivity contribution in [3.63, 3.8) is 0 Å². The topological polar surface area (TPSA) is 116 Å². The smallest absolute Gasteiger partial charge is 0.407 e. The molecule has 1 unspecified atom stereocenters. The van der Waals surface area contributed by atoms with Gasteiger partial charge < -0.3 is 26.4 Å². The van der Waals surface area contributed by atoms with Crippen LogP contribution in [0, 0.1) is 5.82 Å². The average molecular weight is 346 g/mol. The molecule has 0 bridgehead atoms. The Morgan fingerprint density at radius 3 is 2.84 bits per heavy atom. The van der Waals surface area contributed by atoms with E-state index in [-0.39, 0.29) is 11.9 Å². The number of nitrogen functional groups attached to an aromatic ring is 1. The van der Waals surface area contributed by atoms with Crippen LogP contribution in [0.5, 0.6) is 0 Å². The lowest BCUT2D eigenvalue weighted by Gasteiger charge is -2.31. The fraction of sp³-hybridized carbons (Fsp3) is 0.312. The maximum atomic E-state index is 13.0. The van der Waals surface area contributed by atoms with Gasteiger partial charge in [0.2, 0.25) is 5.95 Å². The molecule has 1 aromatic carbocycles. The highest BCUT2D eigenvalue weighted by Crippen LogP contribution is 2.22. The molecule has 8 nitrogen and oxygen atoms in total. The lowest BCUT2D eigenvalue weighted by Crippen LogP contribution is -2.44. The molecule has 2 aromatic rings. The van der Waals surface area contributed by atoms with Gasteiger partial charge in [0, 0.05) is 24.8 Å². The Hall–Kier alpha value is -3.10. The predicted octanol–water partition coefficient (Wildman–Crippen LogP) is 2.50. The third-order valence-electron chi connectivity index (χ3n) is 3.95. The summed E-state index contributed by atoms with van der Waals surface area (Å²) in [4.78, 5) is 20.9. The van der Waals surface area contributed by atoms with Gasteiger partial charge in [0.1, 0.15) is 5.82 Å². The zero-order valence-electron chi connectivity index (χ0n) is 13.4. The van der Waals surface area contributed by atoms with E-state index in [1.54, 1.807) is 12.1 Å². The van der Waals surface area contributed by atoms with Crippen LogP contribution in [0.2, 0.25) is 0 Å². The number of anilines is 4. The molecule has 25 heavy (non-hydrogen) atoms. The summed E-state index contributed by atoms with van der Waals surface area (Å²) >= 11 is 0. The van der Waals surface area contributed by atoms with Crippen LogP contribution in [0.1, 0.15) is 12.8 Å². The number of carbonyl (C=O) groups is 1. The molecule has 2 heterocycles. The fourth-order valence-electron chi connectivity index (χ4n) is 2.69. The first kappa shape index (κ1) is 16.7. The van der Waals surface area contributed by atoms with Gasteiger partial charge in [-0.05, 0) is 37.1 Å². The quantitative estimate of drug-likeness (QED) is 0.672. The van der Waals surface area contributed by atoms with Crippen LogP contribution in [-0.4, -0.2) is 45.2 Å². The highest BCUT2D eigenvalue weighted by atomic mass is 19.1. The predicted molar refractivity (Wildman–Crippen MR) is 92.4 cm³/mol. The number of benzene rings is 1. The van der Waals surface area contributed by atoms with Gasteiger partial charge in [-0.3, -0.25) is 0 Å². The molecule has 1 atom stereocenters. The second-order valence-corrected chi connectivity index (χ2v) is 5.84.